The summed E-state index contributed by atoms with van der Waals surface area (Å²) in [5.41, 5.74) is 0. The predicted octanol–water partition coefficient (Wildman–Crippen LogP) is 0.233. The third-order valence-electron chi connectivity index (χ3n) is 2.36. The van der Waals surface area contributed by atoms with Crippen LogP contribution in [0.4, 0.5) is 0 Å². The topological polar surface area (TPSA) is 58.1 Å². The molecule has 1 aliphatic rings. The number of nitrogens with zero attached hydrogens (tertiary/aromatic N) is 3. The van der Waals surface area contributed by atoms with Crippen LogP contribution >= 0.6 is 11.6 Å². The second kappa shape index (κ2) is 4.55. The summed E-state index contributed by atoms with van der Waals surface area (Å²) >= 11 is 5.70. The summed E-state index contributed by atoms with van der Waals surface area (Å²) in [5, 5.41) is 3.70. The predicted molar refractivity (Wildman–Crippen MR) is 55.4 cm³/mol. The van der Waals surface area contributed by atoms with Gasteiger partial charge in [-0.25, -0.2) is 9.97 Å². The van der Waals surface area contributed by atoms with Crippen molar-refractivity contribution in [3.63, 3.8) is 0 Å². The summed E-state index contributed by atoms with van der Waals surface area (Å²) in [5.74, 6) is 0.624. The molecule has 0 saturated carbocycles. The normalized spacial score (nSPS) is 21.4. The van der Waals surface area contributed by atoms with Gasteiger partial charge in [-0.15, -0.1) is 0 Å². The maximum Gasteiger partial charge on any atom is 0.210 e. The maximum absolute atomic E-state index is 10.8. The molecule has 2 heterocycles. The zero-order valence-electron chi connectivity index (χ0n) is 8.06. The van der Waals surface area contributed by atoms with Crippen LogP contribution in [0.1, 0.15) is 11.9 Å². The number of hydrogen-bond donors (Lipinski definition) is 1. The Morgan fingerprint density at radius 2 is 2.27 bits per heavy atom. The Morgan fingerprint density at radius 1 is 1.53 bits per heavy atom. The number of halogens is 1. The molecule has 80 valence electrons. The summed E-state index contributed by atoms with van der Waals surface area (Å²) < 4.78 is 0. The fourth-order valence-electron chi connectivity index (χ4n) is 1.58. The van der Waals surface area contributed by atoms with E-state index in [2.05, 4.69) is 15.3 Å². The molecule has 6 heteroatoms. The highest BCUT2D eigenvalue weighted by Crippen LogP contribution is 2.17. The van der Waals surface area contributed by atoms with Gasteiger partial charge in [-0.05, 0) is 0 Å². The van der Waals surface area contributed by atoms with E-state index in [0.29, 0.717) is 23.9 Å². The molecule has 1 atom stereocenters. The molecule has 0 bridgehead atoms. The van der Waals surface area contributed by atoms with Crippen molar-refractivity contribution in [1.29, 1.82) is 0 Å². The molecule has 5 nitrogen and oxygen atoms in total. The molecule has 15 heavy (non-hydrogen) atoms. The Bertz CT molecular complexity index is 342. The Morgan fingerprint density at radius 3 is 2.93 bits per heavy atom. The van der Waals surface area contributed by atoms with Gasteiger partial charge in [-0.2, -0.15) is 0 Å². The van der Waals surface area contributed by atoms with Gasteiger partial charge >= 0.3 is 0 Å². The lowest BCUT2D eigenvalue weighted by Crippen LogP contribution is -2.45. The fraction of sp³-hybridized carbons (Fsp3) is 0.444. The lowest BCUT2D eigenvalue weighted by Gasteiger charge is -2.31. The van der Waals surface area contributed by atoms with E-state index in [1.165, 1.54) is 0 Å². The van der Waals surface area contributed by atoms with Gasteiger partial charge in [0.15, 0.2) is 5.82 Å². The van der Waals surface area contributed by atoms with Crippen LogP contribution in [0.5, 0.6) is 0 Å². The van der Waals surface area contributed by atoms with Crippen LogP contribution in [0.25, 0.3) is 0 Å². The summed E-state index contributed by atoms with van der Waals surface area (Å²) in [4.78, 5) is 20.8. The third-order valence-corrected chi connectivity index (χ3v) is 2.55. The number of aromatic nitrogens is 2. The highest BCUT2D eigenvalue weighted by Gasteiger charge is 2.24. The van der Waals surface area contributed by atoms with E-state index in [0.717, 1.165) is 13.0 Å². The van der Waals surface area contributed by atoms with E-state index in [4.69, 9.17) is 11.6 Å². The highest BCUT2D eigenvalue weighted by atomic mass is 35.5. The lowest BCUT2D eigenvalue weighted by molar-refractivity contribution is -0.121. The molecule has 1 N–H and O–H groups in total. The number of nitrogens with one attached hydrogen (secondary N) is 1. The average Bonchev–Trinajstić information content (AvgIpc) is 2.30. The number of piperazine rings is 1. The molecule has 0 radical (unpaired) electrons. The summed E-state index contributed by atoms with van der Waals surface area (Å²) in [7, 11) is 0. The van der Waals surface area contributed by atoms with Gasteiger partial charge in [-0.3, -0.25) is 4.79 Å². The first-order valence-electron chi connectivity index (χ1n) is 4.70. The molecule has 1 aromatic heterocycles. The van der Waals surface area contributed by atoms with Crippen LogP contribution in [-0.4, -0.2) is 40.9 Å². The molecule has 2 rings (SSSR count). The quantitative estimate of drug-likeness (QED) is 0.734. The fourth-order valence-corrected chi connectivity index (χ4v) is 1.68. The van der Waals surface area contributed by atoms with Crippen molar-refractivity contribution < 1.29 is 4.79 Å². The van der Waals surface area contributed by atoms with Gasteiger partial charge < -0.3 is 10.2 Å². The molecule has 1 aromatic rings. The van der Waals surface area contributed by atoms with Crippen LogP contribution < -0.4 is 5.32 Å². The Hall–Kier alpha value is -1.20. The molecule has 0 aromatic carbocycles. The van der Waals surface area contributed by atoms with Crippen molar-refractivity contribution in [3.8, 4) is 0 Å². The van der Waals surface area contributed by atoms with E-state index in [-0.39, 0.29) is 6.04 Å². The Labute approximate surface area is 92.5 Å². The lowest BCUT2D eigenvalue weighted by atomic mass is 10.2. The second-order valence-corrected chi connectivity index (χ2v) is 3.76. The van der Waals surface area contributed by atoms with Gasteiger partial charge in [-0.1, -0.05) is 11.6 Å². The van der Waals surface area contributed by atoms with Crippen molar-refractivity contribution in [3.05, 3.63) is 23.2 Å². The molecular weight excluding hydrogens is 216 g/mol. The summed E-state index contributed by atoms with van der Waals surface area (Å²) in [6, 6.07) is -0.0893. The van der Waals surface area contributed by atoms with Crippen molar-refractivity contribution in [2.24, 2.45) is 0 Å². The molecule has 1 amide bonds. The molecule has 0 aliphatic carbocycles. The first-order chi connectivity index (χ1) is 7.31. The van der Waals surface area contributed by atoms with Gasteiger partial charge in [0, 0.05) is 32.0 Å². The maximum atomic E-state index is 10.8. The van der Waals surface area contributed by atoms with Crippen molar-refractivity contribution >= 4 is 18.0 Å². The van der Waals surface area contributed by atoms with Crippen molar-refractivity contribution in [2.75, 3.05) is 19.6 Å². The van der Waals surface area contributed by atoms with Gasteiger partial charge in [0.1, 0.15) is 6.04 Å². The van der Waals surface area contributed by atoms with Crippen molar-refractivity contribution in [1.82, 2.24) is 20.2 Å². The molecular formula is C9H11ClN4O. The first kappa shape index (κ1) is 10.3. The molecule has 1 fully saturated rings. The van der Waals surface area contributed by atoms with E-state index < -0.39 is 0 Å². The Balaban J connectivity index is 2.20. The molecule has 1 unspecified atom stereocenters. The smallest absolute Gasteiger partial charge is 0.210 e. The second-order valence-electron chi connectivity index (χ2n) is 3.32. The summed E-state index contributed by atoms with van der Waals surface area (Å²) in [6.45, 7) is 2.17. The SMILES string of the molecule is O=CN1CCNCC1c1ncc(Cl)cn1. The number of amides is 1. The first-order valence-corrected chi connectivity index (χ1v) is 5.08. The van der Waals surface area contributed by atoms with E-state index in [1.807, 2.05) is 0 Å². The standard InChI is InChI=1S/C9H11ClN4O/c10-7-3-12-9(13-4-7)8-5-11-1-2-14(8)6-15/h3-4,6,8,11H,1-2,5H2. The zero-order chi connectivity index (χ0) is 10.7. The number of hydrogen-bond acceptors (Lipinski definition) is 4. The number of carbonyl (C=O) groups is 1. The molecule has 1 aliphatic heterocycles. The van der Waals surface area contributed by atoms with Gasteiger partial charge in [0.05, 0.1) is 5.02 Å². The van der Waals surface area contributed by atoms with Gasteiger partial charge in [0.2, 0.25) is 6.41 Å². The largest absolute Gasteiger partial charge is 0.332 e. The highest BCUT2D eigenvalue weighted by molar-refractivity contribution is 6.30. The summed E-state index contributed by atoms with van der Waals surface area (Å²) in [6.07, 6.45) is 3.92. The van der Waals surface area contributed by atoms with E-state index in [1.54, 1.807) is 17.3 Å². The molecule has 1 saturated heterocycles. The molecule has 0 spiro atoms. The third kappa shape index (κ3) is 2.24. The monoisotopic (exact) mass is 226 g/mol. The van der Waals surface area contributed by atoms with Crippen molar-refractivity contribution in [2.45, 2.75) is 6.04 Å². The van der Waals surface area contributed by atoms with Crippen LogP contribution in [0.3, 0.4) is 0 Å². The number of carbonyl (C=O) groups excluding carboxylic acids is 1. The zero-order valence-corrected chi connectivity index (χ0v) is 8.81. The minimum absolute atomic E-state index is 0.0893. The Kier molecular flexibility index (Phi) is 3.13. The van der Waals surface area contributed by atoms with Crippen LogP contribution in [-0.2, 0) is 4.79 Å². The van der Waals surface area contributed by atoms with Crippen LogP contribution in [0.2, 0.25) is 5.02 Å². The van der Waals surface area contributed by atoms with Crippen LogP contribution in [0, 0.1) is 0 Å². The minimum Gasteiger partial charge on any atom is -0.332 e. The number of rotatable bonds is 2. The average molecular weight is 227 g/mol. The van der Waals surface area contributed by atoms with Crippen LogP contribution in [0.15, 0.2) is 12.4 Å². The van der Waals surface area contributed by atoms with E-state index in [9.17, 15) is 4.79 Å². The van der Waals surface area contributed by atoms with E-state index >= 15 is 0 Å². The minimum atomic E-state index is -0.0893. The van der Waals surface area contributed by atoms with Gasteiger partial charge in [0.25, 0.3) is 0 Å².